The van der Waals surface area contributed by atoms with Crippen molar-refractivity contribution >= 4 is 23.2 Å². The normalized spacial score (nSPS) is 18.7. The first-order chi connectivity index (χ1) is 15.3. The average Bonchev–Trinajstić information content (AvgIpc) is 2.85. The summed E-state index contributed by atoms with van der Waals surface area (Å²) in [6, 6.07) is 34.3. The third-order valence-corrected chi connectivity index (χ3v) is 11.9. The Labute approximate surface area is 207 Å². The van der Waals surface area contributed by atoms with E-state index >= 15 is 0 Å². The molecule has 4 rings (SSSR count). The van der Waals surface area contributed by atoms with Crippen molar-refractivity contribution in [3.05, 3.63) is 91.0 Å². The SMILES string of the molecule is CCCCCC1CCC(C[P+](c2ccccc2)(c2ccccc2)c2ccccc2)CC1.[Br-]. The van der Waals surface area contributed by atoms with Gasteiger partial charge in [-0.15, -0.1) is 0 Å². The molecule has 170 valence electrons. The third-order valence-electron chi connectivity index (χ3n) is 7.31. The number of hydrogen-bond acceptors (Lipinski definition) is 0. The highest BCUT2D eigenvalue weighted by molar-refractivity contribution is 7.95. The third kappa shape index (κ3) is 5.92. The van der Waals surface area contributed by atoms with Gasteiger partial charge in [-0.1, -0.05) is 100 Å². The molecule has 0 unspecified atom stereocenters. The van der Waals surface area contributed by atoms with E-state index in [2.05, 4.69) is 97.9 Å². The van der Waals surface area contributed by atoms with Crippen LogP contribution in [0.25, 0.3) is 0 Å². The molecule has 0 atom stereocenters. The van der Waals surface area contributed by atoms with E-state index in [0.29, 0.717) is 0 Å². The van der Waals surface area contributed by atoms with Gasteiger partial charge in [0.05, 0.1) is 6.16 Å². The van der Waals surface area contributed by atoms with E-state index in [1.165, 1.54) is 73.4 Å². The molecule has 2 heteroatoms. The van der Waals surface area contributed by atoms with Crippen molar-refractivity contribution in [3.63, 3.8) is 0 Å². The van der Waals surface area contributed by atoms with Gasteiger partial charge in [-0.05, 0) is 61.1 Å². The fourth-order valence-electron chi connectivity index (χ4n) is 5.58. The number of rotatable bonds is 9. The summed E-state index contributed by atoms with van der Waals surface area (Å²) in [6.45, 7) is 2.32. The van der Waals surface area contributed by atoms with E-state index in [0.717, 1.165) is 11.8 Å². The highest BCUT2D eigenvalue weighted by Gasteiger charge is 2.47. The first kappa shape index (κ1) is 25.2. The summed E-state index contributed by atoms with van der Waals surface area (Å²) in [5, 5.41) is 4.62. The van der Waals surface area contributed by atoms with Gasteiger partial charge in [0.15, 0.2) is 0 Å². The predicted octanol–water partition coefficient (Wildman–Crippen LogP) is 4.37. The van der Waals surface area contributed by atoms with E-state index in [1.807, 2.05) is 0 Å². The van der Waals surface area contributed by atoms with E-state index < -0.39 is 7.26 Å². The van der Waals surface area contributed by atoms with Crippen molar-refractivity contribution < 1.29 is 17.0 Å². The largest absolute Gasteiger partial charge is 1.00 e. The quantitative estimate of drug-likeness (QED) is 0.297. The average molecular weight is 510 g/mol. The highest BCUT2D eigenvalue weighted by atomic mass is 79.9. The summed E-state index contributed by atoms with van der Waals surface area (Å²) in [6.07, 6.45) is 12.6. The lowest BCUT2D eigenvalue weighted by Crippen LogP contribution is -3.00. The molecule has 0 aliphatic heterocycles. The van der Waals surface area contributed by atoms with Gasteiger partial charge in [-0.2, -0.15) is 0 Å². The molecule has 0 amide bonds. The lowest BCUT2D eigenvalue weighted by atomic mass is 9.80. The van der Waals surface area contributed by atoms with Crippen LogP contribution in [-0.2, 0) is 0 Å². The Balaban J connectivity index is 0.00000289. The molecule has 0 N–H and O–H groups in total. The smallest absolute Gasteiger partial charge is 0.112 e. The molecular weight excluding hydrogens is 471 g/mol. The lowest BCUT2D eigenvalue weighted by molar-refractivity contribution is -0.00000629. The molecule has 3 aromatic carbocycles. The molecule has 1 aliphatic rings. The molecule has 0 heterocycles. The Kier molecular flexibility index (Phi) is 10.0. The summed E-state index contributed by atoms with van der Waals surface area (Å²) >= 11 is 0. The number of hydrogen-bond donors (Lipinski definition) is 0. The summed E-state index contributed by atoms with van der Waals surface area (Å²) in [4.78, 5) is 0. The zero-order valence-electron chi connectivity index (χ0n) is 19.5. The molecule has 32 heavy (non-hydrogen) atoms. The topological polar surface area (TPSA) is 0 Å². The molecule has 3 aromatic rings. The standard InChI is InChI=1S/C30H38P.BrH/c1-2-3-7-14-26-21-23-27(24-22-26)25-31(28-15-8-4-9-16-28,29-17-10-5-11-18-29)30-19-12-6-13-20-30;/h4-6,8-13,15-20,26-27H,2-3,7,14,21-25H2,1H3;1H/q+1;/p-1. The van der Waals surface area contributed by atoms with Crippen molar-refractivity contribution in [1.29, 1.82) is 0 Å². The Bertz CT molecular complexity index is 789. The zero-order valence-corrected chi connectivity index (χ0v) is 22.0. The molecule has 0 spiro atoms. The molecule has 0 radical (unpaired) electrons. The molecule has 0 aromatic heterocycles. The van der Waals surface area contributed by atoms with Crippen LogP contribution >= 0.6 is 7.26 Å². The van der Waals surface area contributed by atoms with Crippen molar-refractivity contribution in [1.82, 2.24) is 0 Å². The first-order valence-corrected chi connectivity index (χ1v) is 14.3. The molecule has 1 aliphatic carbocycles. The Morgan fingerprint density at radius 3 is 1.41 bits per heavy atom. The fourth-order valence-corrected chi connectivity index (χ4v) is 10.3. The molecular formula is C30H38BrP. The number of halogens is 1. The van der Waals surface area contributed by atoms with Gasteiger partial charge in [-0.3, -0.25) is 0 Å². The molecule has 0 nitrogen and oxygen atoms in total. The van der Waals surface area contributed by atoms with Crippen LogP contribution in [0.1, 0.15) is 58.3 Å². The van der Waals surface area contributed by atoms with Gasteiger partial charge in [0.2, 0.25) is 0 Å². The van der Waals surface area contributed by atoms with E-state index in [9.17, 15) is 0 Å². The second kappa shape index (κ2) is 12.7. The van der Waals surface area contributed by atoms with Crippen LogP contribution < -0.4 is 32.9 Å². The van der Waals surface area contributed by atoms with Crippen molar-refractivity contribution in [3.8, 4) is 0 Å². The highest BCUT2D eigenvalue weighted by Crippen LogP contribution is 2.58. The van der Waals surface area contributed by atoms with Gasteiger partial charge < -0.3 is 17.0 Å². The van der Waals surface area contributed by atoms with Crippen LogP contribution in [0.5, 0.6) is 0 Å². The van der Waals surface area contributed by atoms with Gasteiger partial charge in [0, 0.05) is 0 Å². The van der Waals surface area contributed by atoms with E-state index in [-0.39, 0.29) is 17.0 Å². The van der Waals surface area contributed by atoms with Crippen LogP contribution in [0.4, 0.5) is 0 Å². The van der Waals surface area contributed by atoms with Gasteiger partial charge in [0.1, 0.15) is 23.2 Å². The zero-order chi connectivity index (χ0) is 21.4. The van der Waals surface area contributed by atoms with Gasteiger partial charge in [0.25, 0.3) is 0 Å². The summed E-state index contributed by atoms with van der Waals surface area (Å²) in [5.74, 6) is 1.80. The van der Waals surface area contributed by atoms with Gasteiger partial charge >= 0.3 is 0 Å². The molecule has 1 fully saturated rings. The van der Waals surface area contributed by atoms with Crippen molar-refractivity contribution in [2.24, 2.45) is 11.8 Å². The van der Waals surface area contributed by atoms with Crippen LogP contribution in [0.3, 0.4) is 0 Å². The second-order valence-corrected chi connectivity index (χ2v) is 12.9. The fraction of sp³-hybridized carbons (Fsp3) is 0.400. The predicted molar refractivity (Wildman–Crippen MR) is 140 cm³/mol. The van der Waals surface area contributed by atoms with Crippen LogP contribution in [0.15, 0.2) is 91.0 Å². The van der Waals surface area contributed by atoms with E-state index in [1.54, 1.807) is 0 Å². The molecule has 0 saturated heterocycles. The van der Waals surface area contributed by atoms with Crippen LogP contribution in [-0.4, -0.2) is 6.16 Å². The maximum atomic E-state index is 2.39. The summed E-state index contributed by atoms with van der Waals surface area (Å²) in [7, 11) is -1.67. The minimum Gasteiger partial charge on any atom is -1.00 e. The molecule has 1 saturated carbocycles. The van der Waals surface area contributed by atoms with E-state index in [4.69, 9.17) is 0 Å². The monoisotopic (exact) mass is 508 g/mol. The maximum Gasteiger partial charge on any atom is 0.112 e. The van der Waals surface area contributed by atoms with Crippen LogP contribution in [0, 0.1) is 11.8 Å². The van der Waals surface area contributed by atoms with Gasteiger partial charge in [-0.25, -0.2) is 0 Å². The molecule has 0 bridgehead atoms. The summed E-state index contributed by atoms with van der Waals surface area (Å²) < 4.78 is 0. The Morgan fingerprint density at radius 2 is 1.00 bits per heavy atom. The van der Waals surface area contributed by atoms with Crippen LogP contribution in [0.2, 0.25) is 0 Å². The number of benzene rings is 3. The lowest BCUT2D eigenvalue weighted by Gasteiger charge is -2.34. The minimum atomic E-state index is -1.67. The van der Waals surface area contributed by atoms with Crippen molar-refractivity contribution in [2.75, 3.05) is 6.16 Å². The number of unbranched alkanes of at least 4 members (excludes halogenated alkanes) is 2. The minimum absolute atomic E-state index is 0. The maximum absolute atomic E-state index is 2.39. The Hall–Kier alpha value is -1.43. The van der Waals surface area contributed by atoms with Crippen molar-refractivity contribution in [2.45, 2.75) is 58.3 Å². The second-order valence-electron chi connectivity index (χ2n) is 9.38. The Morgan fingerprint density at radius 1 is 0.594 bits per heavy atom. The summed E-state index contributed by atoms with van der Waals surface area (Å²) in [5.41, 5.74) is 0. The first-order valence-electron chi connectivity index (χ1n) is 12.4.